The zero-order valence-electron chi connectivity index (χ0n) is 8.37. The van der Waals surface area contributed by atoms with Gasteiger partial charge in [0.25, 0.3) is 5.91 Å². The second-order valence-electron chi connectivity index (χ2n) is 3.09. The molecule has 0 saturated carbocycles. The molecule has 2 amide bonds. The Hall–Kier alpha value is -1.75. The Labute approximate surface area is 97.3 Å². The van der Waals surface area contributed by atoms with E-state index in [9.17, 15) is 9.59 Å². The lowest BCUT2D eigenvalue weighted by atomic mass is 10.2. The second kappa shape index (κ2) is 5.97. The van der Waals surface area contributed by atoms with Gasteiger partial charge in [-0.05, 0) is 17.7 Å². The topological polar surface area (TPSA) is 82.4 Å². The molecule has 0 aliphatic carbocycles. The molecule has 0 atom stereocenters. The number of amides is 2. The van der Waals surface area contributed by atoms with Crippen LogP contribution in [0.25, 0.3) is 0 Å². The maximum Gasteiger partial charge on any atom is 0.273 e. The Morgan fingerprint density at radius 2 is 1.94 bits per heavy atom. The number of hydrogen-bond donors (Lipinski definition) is 2. The van der Waals surface area contributed by atoms with E-state index in [-0.39, 0.29) is 0 Å². The van der Waals surface area contributed by atoms with Crippen LogP contribution in [-0.2, 0) is 16.1 Å². The maximum atomic E-state index is 11.2. The number of carbonyl (C=O) groups is 2. The number of benzene rings is 1. The molecule has 0 bridgehead atoms. The third-order valence-corrected chi connectivity index (χ3v) is 2.09. The van der Waals surface area contributed by atoms with Crippen LogP contribution in [0.5, 0.6) is 0 Å². The fourth-order valence-electron chi connectivity index (χ4n) is 1.04. The summed E-state index contributed by atoms with van der Waals surface area (Å²) in [4.78, 5) is 21.8. The van der Waals surface area contributed by atoms with E-state index in [2.05, 4.69) is 10.4 Å². The van der Waals surface area contributed by atoms with Crippen molar-refractivity contribution < 1.29 is 9.59 Å². The second-order valence-corrected chi connectivity index (χ2v) is 3.52. The predicted octanol–water partition coefficient (Wildman–Crippen LogP) is 1.90. The van der Waals surface area contributed by atoms with Gasteiger partial charge in [-0.1, -0.05) is 23.7 Å². The molecule has 1 aromatic rings. The van der Waals surface area contributed by atoms with Crippen LogP contribution in [0.15, 0.2) is 29.4 Å². The van der Waals surface area contributed by atoms with E-state index in [0.717, 1.165) is 5.56 Å². The molecule has 84 valence electrons. The SMILES string of the molecule is N=NC(=O)CC(=O)NCc1ccc(Cl)cc1. The van der Waals surface area contributed by atoms with E-state index in [1.165, 1.54) is 0 Å². The van der Waals surface area contributed by atoms with Crippen molar-refractivity contribution in [1.82, 2.24) is 5.32 Å². The summed E-state index contributed by atoms with van der Waals surface area (Å²) in [7, 11) is 0. The molecule has 6 heteroatoms. The molecular weight excluding hydrogens is 230 g/mol. The van der Waals surface area contributed by atoms with Crippen LogP contribution in [0.3, 0.4) is 0 Å². The van der Waals surface area contributed by atoms with Gasteiger partial charge in [0.15, 0.2) is 0 Å². The van der Waals surface area contributed by atoms with Crippen molar-refractivity contribution in [1.29, 1.82) is 5.53 Å². The van der Waals surface area contributed by atoms with Gasteiger partial charge >= 0.3 is 0 Å². The van der Waals surface area contributed by atoms with Gasteiger partial charge in [-0.25, -0.2) is 5.53 Å². The molecule has 5 nitrogen and oxygen atoms in total. The highest BCUT2D eigenvalue weighted by Gasteiger charge is 2.07. The van der Waals surface area contributed by atoms with Crippen molar-refractivity contribution in [2.45, 2.75) is 13.0 Å². The molecule has 0 aliphatic rings. The van der Waals surface area contributed by atoms with Gasteiger partial charge in [0.05, 0.1) is 0 Å². The van der Waals surface area contributed by atoms with Crippen LogP contribution in [0.4, 0.5) is 0 Å². The Morgan fingerprint density at radius 1 is 1.31 bits per heavy atom. The summed E-state index contributed by atoms with van der Waals surface area (Å²) >= 11 is 5.70. The molecule has 1 rings (SSSR count). The largest absolute Gasteiger partial charge is 0.352 e. The molecule has 0 unspecified atom stereocenters. The Morgan fingerprint density at radius 3 is 2.50 bits per heavy atom. The van der Waals surface area contributed by atoms with Crippen molar-refractivity contribution in [3.8, 4) is 0 Å². The highest BCUT2D eigenvalue weighted by atomic mass is 35.5. The monoisotopic (exact) mass is 239 g/mol. The van der Waals surface area contributed by atoms with Crippen LogP contribution in [0.1, 0.15) is 12.0 Å². The number of nitrogens with zero attached hydrogens (tertiary/aromatic N) is 1. The first-order valence-corrected chi connectivity index (χ1v) is 4.91. The molecule has 2 N–H and O–H groups in total. The zero-order valence-corrected chi connectivity index (χ0v) is 9.12. The van der Waals surface area contributed by atoms with Gasteiger partial charge < -0.3 is 5.32 Å². The lowest BCUT2D eigenvalue weighted by Crippen LogP contribution is -2.24. The summed E-state index contributed by atoms with van der Waals surface area (Å²) < 4.78 is 0. The summed E-state index contributed by atoms with van der Waals surface area (Å²) in [5.74, 6) is -1.20. The molecule has 1 aromatic carbocycles. The Kier molecular flexibility index (Phi) is 4.60. The van der Waals surface area contributed by atoms with Crippen molar-refractivity contribution in [3.63, 3.8) is 0 Å². The van der Waals surface area contributed by atoms with Gasteiger partial charge in [0.2, 0.25) is 5.91 Å². The van der Waals surface area contributed by atoms with E-state index in [1.807, 2.05) is 0 Å². The number of nitrogens with one attached hydrogen (secondary N) is 2. The minimum atomic E-state index is -0.756. The van der Waals surface area contributed by atoms with Crippen molar-refractivity contribution in [2.24, 2.45) is 5.11 Å². The molecule has 0 aliphatic heterocycles. The minimum absolute atomic E-state index is 0.321. The van der Waals surface area contributed by atoms with Gasteiger partial charge in [0, 0.05) is 11.6 Å². The number of halogens is 1. The summed E-state index contributed by atoms with van der Waals surface area (Å²) in [5, 5.41) is 5.79. The molecule has 0 saturated heterocycles. The first kappa shape index (κ1) is 12.3. The fourth-order valence-corrected chi connectivity index (χ4v) is 1.17. The average Bonchev–Trinajstić information content (AvgIpc) is 2.28. The van der Waals surface area contributed by atoms with Gasteiger partial charge in [-0.15, -0.1) is 5.11 Å². The van der Waals surface area contributed by atoms with E-state index in [1.54, 1.807) is 24.3 Å². The number of carbonyl (C=O) groups excluding carboxylic acids is 2. The quantitative estimate of drug-likeness (QED) is 0.621. The van der Waals surface area contributed by atoms with E-state index in [0.29, 0.717) is 11.6 Å². The highest BCUT2D eigenvalue weighted by molar-refractivity contribution is 6.30. The van der Waals surface area contributed by atoms with Crippen molar-refractivity contribution in [3.05, 3.63) is 34.9 Å². The van der Waals surface area contributed by atoms with Crippen molar-refractivity contribution in [2.75, 3.05) is 0 Å². The van der Waals surface area contributed by atoms with E-state index in [4.69, 9.17) is 17.1 Å². The smallest absolute Gasteiger partial charge is 0.273 e. The Balaban J connectivity index is 2.40. The molecule has 0 aromatic heterocycles. The Bertz CT molecular complexity index is 403. The predicted molar refractivity (Wildman–Crippen MR) is 58.1 cm³/mol. The number of rotatable bonds is 4. The fraction of sp³-hybridized carbons (Fsp3) is 0.200. The first-order valence-electron chi connectivity index (χ1n) is 4.53. The molecule has 0 fully saturated rings. The third kappa shape index (κ3) is 4.18. The lowest BCUT2D eigenvalue weighted by Gasteiger charge is -2.03. The van der Waals surface area contributed by atoms with Gasteiger partial charge in [-0.2, -0.15) is 0 Å². The van der Waals surface area contributed by atoms with Crippen LogP contribution < -0.4 is 5.32 Å². The minimum Gasteiger partial charge on any atom is -0.352 e. The van der Waals surface area contributed by atoms with Crippen molar-refractivity contribution >= 4 is 23.4 Å². The van der Waals surface area contributed by atoms with E-state index >= 15 is 0 Å². The molecular formula is C10H10ClN3O2. The van der Waals surface area contributed by atoms with Gasteiger partial charge in [-0.3, -0.25) is 9.59 Å². The maximum absolute atomic E-state index is 11.2. The van der Waals surface area contributed by atoms with Crippen LogP contribution in [-0.4, -0.2) is 11.8 Å². The average molecular weight is 240 g/mol. The van der Waals surface area contributed by atoms with Crippen LogP contribution >= 0.6 is 11.6 Å². The van der Waals surface area contributed by atoms with E-state index < -0.39 is 18.2 Å². The lowest BCUT2D eigenvalue weighted by molar-refractivity contribution is -0.128. The molecule has 0 spiro atoms. The summed E-state index contributed by atoms with van der Waals surface area (Å²) in [6, 6.07) is 6.99. The summed E-state index contributed by atoms with van der Waals surface area (Å²) in [5.41, 5.74) is 7.29. The normalized spacial score (nSPS) is 9.56. The standard InChI is InChI=1S/C10H10ClN3O2/c11-8-3-1-7(2-4-8)6-13-9(15)5-10(16)14-12/h1-4,12H,5-6H2,(H,13,15). The highest BCUT2D eigenvalue weighted by Crippen LogP contribution is 2.09. The molecule has 16 heavy (non-hydrogen) atoms. The van der Waals surface area contributed by atoms with Gasteiger partial charge in [0.1, 0.15) is 6.42 Å². The molecule has 0 radical (unpaired) electrons. The zero-order chi connectivity index (χ0) is 12.0. The molecule has 0 heterocycles. The summed E-state index contributed by atoms with van der Waals surface area (Å²) in [6.45, 7) is 0.321. The van der Waals surface area contributed by atoms with Crippen LogP contribution in [0, 0.1) is 5.53 Å². The third-order valence-electron chi connectivity index (χ3n) is 1.84. The number of hydrogen-bond acceptors (Lipinski definition) is 3. The first-order chi connectivity index (χ1) is 7.61. The van der Waals surface area contributed by atoms with Crippen LogP contribution in [0.2, 0.25) is 5.02 Å². The summed E-state index contributed by atoms with van der Waals surface area (Å²) in [6.07, 6.45) is -0.392.